The Labute approximate surface area is 209 Å². The van der Waals surface area contributed by atoms with Gasteiger partial charge in [-0.25, -0.2) is 0 Å². The van der Waals surface area contributed by atoms with E-state index in [1.165, 1.54) is 0 Å². The second kappa shape index (κ2) is 10.4. The molecule has 0 aromatic heterocycles. The number of nitriles is 1. The number of hydrogen-bond acceptors (Lipinski definition) is 4. The molecular formula is C29H23ClN2O3. The van der Waals surface area contributed by atoms with Crippen molar-refractivity contribution >= 4 is 29.5 Å². The highest BCUT2D eigenvalue weighted by molar-refractivity contribution is 6.30. The molecule has 0 bridgehead atoms. The van der Waals surface area contributed by atoms with Crippen LogP contribution in [0.2, 0.25) is 5.02 Å². The first-order valence-electron chi connectivity index (χ1n) is 11.1. The van der Waals surface area contributed by atoms with Crippen LogP contribution < -0.4 is 4.74 Å². The zero-order valence-electron chi connectivity index (χ0n) is 19.4. The van der Waals surface area contributed by atoms with Crippen LogP contribution in [0.5, 0.6) is 5.75 Å². The Kier molecular flexibility index (Phi) is 7.14. The third-order valence-corrected chi connectivity index (χ3v) is 6.05. The molecule has 0 radical (unpaired) electrons. The molecule has 35 heavy (non-hydrogen) atoms. The molecule has 0 saturated heterocycles. The third-order valence-electron chi connectivity index (χ3n) is 5.80. The molecule has 0 unspecified atom stereocenters. The molecule has 0 saturated carbocycles. The van der Waals surface area contributed by atoms with Crippen LogP contribution in [0.3, 0.4) is 0 Å². The van der Waals surface area contributed by atoms with Crippen molar-refractivity contribution in [2.45, 2.75) is 27.0 Å². The van der Waals surface area contributed by atoms with Gasteiger partial charge in [0.2, 0.25) is 0 Å². The number of hydrogen-bond donors (Lipinski definition) is 0. The van der Waals surface area contributed by atoms with Gasteiger partial charge in [-0.2, -0.15) is 5.26 Å². The van der Waals surface area contributed by atoms with Gasteiger partial charge in [-0.05, 0) is 66.5 Å². The molecule has 0 spiro atoms. The summed E-state index contributed by atoms with van der Waals surface area (Å²) in [6.07, 6.45) is 1.70. The molecule has 5 nitrogen and oxygen atoms in total. The molecule has 6 heteroatoms. The van der Waals surface area contributed by atoms with Crippen LogP contribution >= 0.6 is 11.6 Å². The normalized spacial score (nSPS) is 14.9. The number of nitrogens with zero attached hydrogens (tertiary/aromatic N) is 2. The monoisotopic (exact) mass is 482 g/mol. The molecule has 0 N–H and O–H groups in total. The lowest BCUT2D eigenvalue weighted by Gasteiger charge is -2.27. The number of carbonyl (C=O) groups is 2. The van der Waals surface area contributed by atoms with Gasteiger partial charge in [0.05, 0.1) is 6.54 Å². The topological polar surface area (TPSA) is 70.4 Å². The predicted molar refractivity (Wildman–Crippen MR) is 135 cm³/mol. The van der Waals surface area contributed by atoms with Crippen LogP contribution in [0.4, 0.5) is 0 Å². The van der Waals surface area contributed by atoms with Gasteiger partial charge in [-0.15, -0.1) is 0 Å². The van der Waals surface area contributed by atoms with Gasteiger partial charge in [0.1, 0.15) is 24.0 Å². The maximum Gasteiger partial charge on any atom is 0.271 e. The number of rotatable bonds is 6. The van der Waals surface area contributed by atoms with E-state index in [9.17, 15) is 14.9 Å². The van der Waals surface area contributed by atoms with Crippen LogP contribution in [-0.2, 0) is 22.7 Å². The lowest BCUT2D eigenvalue weighted by Crippen LogP contribution is -2.42. The largest absolute Gasteiger partial charge is 0.489 e. The average molecular weight is 483 g/mol. The number of aryl methyl sites for hydroxylation is 1. The van der Waals surface area contributed by atoms with Crippen molar-refractivity contribution in [2.24, 2.45) is 0 Å². The maximum atomic E-state index is 13.3. The smallest absolute Gasteiger partial charge is 0.271 e. The van der Waals surface area contributed by atoms with Crippen molar-refractivity contribution < 1.29 is 14.3 Å². The first kappa shape index (κ1) is 24.0. The zero-order valence-corrected chi connectivity index (χ0v) is 20.2. The molecule has 4 rings (SSSR count). The van der Waals surface area contributed by atoms with Crippen LogP contribution in [0.15, 0.2) is 89.5 Å². The van der Waals surface area contributed by atoms with Crippen molar-refractivity contribution in [2.75, 3.05) is 0 Å². The van der Waals surface area contributed by atoms with Crippen LogP contribution in [0, 0.1) is 18.3 Å². The molecule has 1 aliphatic heterocycles. The van der Waals surface area contributed by atoms with Gasteiger partial charge in [0.25, 0.3) is 11.8 Å². The average Bonchev–Trinajstić information content (AvgIpc) is 2.86. The van der Waals surface area contributed by atoms with E-state index in [0.717, 1.165) is 27.2 Å². The Hall–Kier alpha value is -4.14. The summed E-state index contributed by atoms with van der Waals surface area (Å²) >= 11 is 5.92. The lowest BCUT2D eigenvalue weighted by atomic mass is 9.93. The number of imide groups is 1. The van der Waals surface area contributed by atoms with Crippen molar-refractivity contribution in [3.8, 4) is 11.8 Å². The van der Waals surface area contributed by atoms with Gasteiger partial charge in [-0.3, -0.25) is 14.5 Å². The summed E-state index contributed by atoms with van der Waals surface area (Å²) in [6.45, 7) is 4.10. The highest BCUT2D eigenvalue weighted by atomic mass is 35.5. The van der Waals surface area contributed by atoms with E-state index in [0.29, 0.717) is 28.5 Å². The minimum absolute atomic E-state index is 0.0223. The number of carbonyl (C=O) groups excluding carboxylic acids is 2. The summed E-state index contributed by atoms with van der Waals surface area (Å²) in [4.78, 5) is 27.3. The van der Waals surface area contributed by atoms with Gasteiger partial charge in [0, 0.05) is 10.6 Å². The molecule has 3 aromatic rings. The van der Waals surface area contributed by atoms with Gasteiger partial charge in [-0.1, -0.05) is 65.7 Å². The minimum atomic E-state index is -0.571. The summed E-state index contributed by atoms with van der Waals surface area (Å²) < 4.78 is 5.82. The van der Waals surface area contributed by atoms with Gasteiger partial charge >= 0.3 is 0 Å². The molecule has 174 valence electrons. The van der Waals surface area contributed by atoms with Gasteiger partial charge < -0.3 is 4.74 Å². The van der Waals surface area contributed by atoms with Crippen molar-refractivity contribution in [1.29, 1.82) is 5.26 Å². The fourth-order valence-electron chi connectivity index (χ4n) is 3.72. The van der Waals surface area contributed by atoms with E-state index in [-0.39, 0.29) is 12.1 Å². The molecule has 0 fully saturated rings. The van der Waals surface area contributed by atoms with Gasteiger partial charge in [0.15, 0.2) is 0 Å². The molecule has 2 amide bonds. The van der Waals surface area contributed by atoms with E-state index >= 15 is 0 Å². The van der Waals surface area contributed by atoms with Crippen LogP contribution in [0.25, 0.3) is 6.08 Å². The van der Waals surface area contributed by atoms with Crippen molar-refractivity contribution in [3.63, 3.8) is 0 Å². The van der Waals surface area contributed by atoms with E-state index in [1.54, 1.807) is 13.0 Å². The predicted octanol–water partition coefficient (Wildman–Crippen LogP) is 6.02. The van der Waals surface area contributed by atoms with Crippen molar-refractivity contribution in [1.82, 2.24) is 4.90 Å². The maximum absolute atomic E-state index is 13.3. The molecule has 0 aliphatic carbocycles. The summed E-state index contributed by atoms with van der Waals surface area (Å²) in [5, 5.41) is 10.3. The summed E-state index contributed by atoms with van der Waals surface area (Å²) in [7, 11) is 0. The fourth-order valence-corrected chi connectivity index (χ4v) is 3.85. The second-order valence-corrected chi connectivity index (χ2v) is 8.77. The quantitative estimate of drug-likeness (QED) is 0.318. The number of ether oxygens (including phenoxy) is 1. The van der Waals surface area contributed by atoms with E-state index in [1.807, 2.05) is 85.8 Å². The minimum Gasteiger partial charge on any atom is -0.489 e. The molecule has 0 atom stereocenters. The Morgan fingerprint density at radius 1 is 0.886 bits per heavy atom. The molecular weight excluding hydrogens is 460 g/mol. The number of benzene rings is 3. The standard InChI is InChI=1S/C29H23ClN2O3/c1-19-3-5-22(6-4-19)17-32-28(33)26(20(2)27(16-31)29(32)34)15-21-9-13-25(14-10-21)35-18-23-7-11-24(30)12-8-23/h3-15H,17-18H2,1-2H3/b26-15+. The Morgan fingerprint density at radius 3 is 2.14 bits per heavy atom. The second-order valence-electron chi connectivity index (χ2n) is 8.34. The molecule has 1 aliphatic rings. The molecule has 3 aromatic carbocycles. The molecule has 1 heterocycles. The van der Waals surface area contributed by atoms with Crippen molar-refractivity contribution in [3.05, 3.63) is 117 Å². The summed E-state index contributed by atoms with van der Waals surface area (Å²) in [5.41, 5.74) is 4.33. The fraction of sp³-hybridized carbons (Fsp3) is 0.138. The first-order valence-corrected chi connectivity index (χ1v) is 11.5. The number of amides is 2. The summed E-state index contributed by atoms with van der Waals surface area (Å²) in [6, 6.07) is 24.3. The van der Waals surface area contributed by atoms with E-state index < -0.39 is 11.8 Å². The van der Waals surface area contributed by atoms with Crippen LogP contribution in [0.1, 0.15) is 29.2 Å². The zero-order chi connectivity index (χ0) is 24.9. The van der Waals surface area contributed by atoms with E-state index in [2.05, 4.69) is 0 Å². The van der Waals surface area contributed by atoms with E-state index in [4.69, 9.17) is 16.3 Å². The highest BCUT2D eigenvalue weighted by Crippen LogP contribution is 2.28. The third kappa shape index (κ3) is 5.51. The summed E-state index contributed by atoms with van der Waals surface area (Å²) in [5.74, 6) is -0.313. The number of halogens is 1. The Morgan fingerprint density at radius 2 is 1.51 bits per heavy atom. The van der Waals surface area contributed by atoms with Crippen LogP contribution in [-0.4, -0.2) is 16.7 Å². The highest BCUT2D eigenvalue weighted by Gasteiger charge is 2.35. The SMILES string of the molecule is CC1=C(C#N)C(=O)N(Cc2ccc(C)cc2)C(=O)/C1=C/c1ccc(OCc2ccc(Cl)cc2)cc1. The Balaban J connectivity index is 1.55. The Bertz CT molecular complexity index is 1360. The first-order chi connectivity index (χ1) is 16.9. The lowest BCUT2D eigenvalue weighted by molar-refractivity contribution is -0.141.